The van der Waals surface area contributed by atoms with Crippen molar-refractivity contribution in [2.75, 3.05) is 11.4 Å². The van der Waals surface area contributed by atoms with Crippen molar-refractivity contribution in [2.24, 2.45) is 11.8 Å². The van der Waals surface area contributed by atoms with Gasteiger partial charge in [0.15, 0.2) is 0 Å². The molecule has 1 fully saturated rings. The molecule has 1 aromatic rings. The number of nitrogens with zero attached hydrogens (tertiary/aromatic N) is 1. The number of hydrogen-bond donors (Lipinski definition) is 1. The molecule has 2 atom stereocenters. The predicted octanol–water partition coefficient (Wildman–Crippen LogP) is 2.68. The number of alkyl halides is 2. The van der Waals surface area contributed by atoms with Crippen molar-refractivity contribution >= 4 is 17.6 Å². The zero-order valence-electron chi connectivity index (χ0n) is 12.4. The molecular weight excluding hydrogens is 308 g/mol. The number of amides is 1. The highest BCUT2D eigenvalue weighted by atomic mass is 19.3. The number of fused-ring (bicyclic) bond motifs is 1. The Hall–Kier alpha value is -2.18. The molecule has 0 aromatic heterocycles. The third-order valence-corrected chi connectivity index (χ3v) is 4.57. The number of carboxylic acid groups (broad SMARTS) is 1. The second-order valence-electron chi connectivity index (χ2n) is 5.89. The van der Waals surface area contributed by atoms with Crippen molar-refractivity contribution < 1.29 is 28.2 Å². The van der Waals surface area contributed by atoms with Crippen LogP contribution in [0.2, 0.25) is 0 Å². The number of benzene rings is 1. The van der Waals surface area contributed by atoms with Gasteiger partial charge >= 0.3 is 12.6 Å². The SMILES string of the molecule is O=C(O)C1CCC1C(=O)N1CCCc2cc(OC(F)F)ccc21. The summed E-state index contributed by atoms with van der Waals surface area (Å²) in [6, 6.07) is 4.53. The smallest absolute Gasteiger partial charge is 0.387 e. The predicted molar refractivity (Wildman–Crippen MR) is 77.6 cm³/mol. The lowest BCUT2D eigenvalue weighted by Crippen LogP contribution is -2.47. The number of halogens is 2. The van der Waals surface area contributed by atoms with E-state index in [4.69, 9.17) is 5.11 Å². The highest BCUT2D eigenvalue weighted by Gasteiger charge is 2.44. The summed E-state index contributed by atoms with van der Waals surface area (Å²) in [5.41, 5.74) is 1.44. The van der Waals surface area contributed by atoms with Crippen molar-refractivity contribution in [1.82, 2.24) is 0 Å². The molecule has 1 heterocycles. The van der Waals surface area contributed by atoms with Crippen LogP contribution in [-0.2, 0) is 16.0 Å². The molecule has 3 rings (SSSR count). The molecule has 2 aliphatic rings. The Bertz CT molecular complexity index is 635. The number of aliphatic carboxylic acids is 1. The summed E-state index contributed by atoms with van der Waals surface area (Å²) < 4.78 is 29.0. The summed E-state index contributed by atoms with van der Waals surface area (Å²) in [5.74, 6) is -2.16. The van der Waals surface area contributed by atoms with Gasteiger partial charge in [-0.2, -0.15) is 8.78 Å². The molecule has 1 N–H and O–H groups in total. The van der Waals surface area contributed by atoms with Crippen LogP contribution in [0.4, 0.5) is 14.5 Å². The lowest BCUT2D eigenvalue weighted by Gasteiger charge is -2.38. The van der Waals surface area contributed by atoms with Gasteiger partial charge in [-0.05, 0) is 49.4 Å². The topological polar surface area (TPSA) is 66.8 Å². The van der Waals surface area contributed by atoms with Crippen LogP contribution >= 0.6 is 0 Å². The molecular formula is C16H17F2NO4. The number of carbonyl (C=O) groups excluding carboxylic acids is 1. The number of aryl methyl sites for hydroxylation is 1. The number of carboxylic acids is 1. The third kappa shape index (κ3) is 3.00. The second-order valence-corrected chi connectivity index (χ2v) is 5.89. The fourth-order valence-electron chi connectivity index (χ4n) is 3.27. The van der Waals surface area contributed by atoms with E-state index >= 15 is 0 Å². The molecule has 2 unspecified atom stereocenters. The van der Waals surface area contributed by atoms with Crippen molar-refractivity contribution in [3.63, 3.8) is 0 Å². The summed E-state index contributed by atoms with van der Waals surface area (Å²) in [6.07, 6.45) is 2.48. The van der Waals surface area contributed by atoms with E-state index in [0.717, 1.165) is 5.56 Å². The summed E-state index contributed by atoms with van der Waals surface area (Å²) in [5, 5.41) is 9.11. The van der Waals surface area contributed by atoms with E-state index in [-0.39, 0.29) is 11.7 Å². The average Bonchev–Trinajstić information content (AvgIpc) is 2.43. The van der Waals surface area contributed by atoms with Crippen molar-refractivity contribution in [3.8, 4) is 5.75 Å². The Labute approximate surface area is 131 Å². The van der Waals surface area contributed by atoms with Gasteiger partial charge in [-0.25, -0.2) is 0 Å². The van der Waals surface area contributed by atoms with Crippen LogP contribution in [0.25, 0.3) is 0 Å². The number of anilines is 1. The molecule has 0 bridgehead atoms. The largest absolute Gasteiger partial charge is 0.481 e. The summed E-state index contributed by atoms with van der Waals surface area (Å²) >= 11 is 0. The van der Waals surface area contributed by atoms with Gasteiger partial charge in [0.2, 0.25) is 5.91 Å². The molecule has 1 aliphatic carbocycles. The van der Waals surface area contributed by atoms with E-state index in [1.54, 1.807) is 11.0 Å². The van der Waals surface area contributed by atoms with Crippen molar-refractivity contribution in [3.05, 3.63) is 23.8 Å². The molecule has 23 heavy (non-hydrogen) atoms. The van der Waals surface area contributed by atoms with Crippen LogP contribution in [0.1, 0.15) is 24.8 Å². The Balaban J connectivity index is 1.81. The number of hydrogen-bond acceptors (Lipinski definition) is 3. The lowest BCUT2D eigenvalue weighted by molar-refractivity contribution is -0.152. The van der Waals surface area contributed by atoms with E-state index in [1.807, 2.05) is 0 Å². The van der Waals surface area contributed by atoms with Crippen LogP contribution in [0, 0.1) is 11.8 Å². The highest BCUT2D eigenvalue weighted by Crippen LogP contribution is 2.39. The molecule has 0 radical (unpaired) electrons. The molecule has 1 aliphatic heterocycles. The molecule has 0 spiro atoms. The third-order valence-electron chi connectivity index (χ3n) is 4.57. The maximum atomic E-state index is 12.6. The van der Waals surface area contributed by atoms with Crippen LogP contribution in [-0.4, -0.2) is 30.1 Å². The zero-order valence-corrected chi connectivity index (χ0v) is 12.4. The van der Waals surface area contributed by atoms with Gasteiger partial charge in [0, 0.05) is 12.2 Å². The van der Waals surface area contributed by atoms with Gasteiger partial charge in [0.05, 0.1) is 11.8 Å². The van der Waals surface area contributed by atoms with E-state index in [9.17, 15) is 18.4 Å². The first kappa shape index (κ1) is 15.7. The fraction of sp³-hybridized carbons (Fsp3) is 0.500. The zero-order chi connectivity index (χ0) is 16.6. The quantitative estimate of drug-likeness (QED) is 0.924. The average molecular weight is 325 g/mol. The first-order valence-corrected chi connectivity index (χ1v) is 7.59. The lowest BCUT2D eigenvalue weighted by atomic mass is 9.72. The minimum absolute atomic E-state index is 0.0695. The Morgan fingerprint density at radius 3 is 2.61 bits per heavy atom. The van der Waals surface area contributed by atoms with E-state index in [0.29, 0.717) is 37.9 Å². The Morgan fingerprint density at radius 2 is 2.00 bits per heavy atom. The molecule has 0 saturated heterocycles. The minimum atomic E-state index is -2.89. The van der Waals surface area contributed by atoms with Gasteiger partial charge < -0.3 is 14.7 Å². The summed E-state index contributed by atoms with van der Waals surface area (Å²) in [7, 11) is 0. The Morgan fingerprint density at radius 1 is 1.26 bits per heavy atom. The minimum Gasteiger partial charge on any atom is -0.481 e. The molecule has 1 saturated carbocycles. The van der Waals surface area contributed by atoms with Gasteiger partial charge in [-0.3, -0.25) is 9.59 Å². The monoisotopic (exact) mass is 325 g/mol. The van der Waals surface area contributed by atoms with Crippen molar-refractivity contribution in [1.29, 1.82) is 0 Å². The molecule has 1 amide bonds. The van der Waals surface area contributed by atoms with Crippen LogP contribution in [0.5, 0.6) is 5.75 Å². The van der Waals surface area contributed by atoms with Crippen molar-refractivity contribution in [2.45, 2.75) is 32.3 Å². The van der Waals surface area contributed by atoms with Crippen LogP contribution < -0.4 is 9.64 Å². The normalized spacial score (nSPS) is 23.2. The van der Waals surface area contributed by atoms with Gasteiger partial charge in [-0.15, -0.1) is 0 Å². The number of carbonyl (C=O) groups is 2. The standard InChI is InChI=1S/C16H17F2NO4/c17-16(18)23-10-3-6-13-9(8-10)2-1-7-19(13)14(20)11-4-5-12(11)15(21)22/h3,6,8,11-12,16H,1-2,4-5,7H2,(H,21,22). The van der Waals surface area contributed by atoms with Crippen LogP contribution in [0.3, 0.4) is 0 Å². The first-order valence-electron chi connectivity index (χ1n) is 7.59. The van der Waals surface area contributed by atoms with Crippen LogP contribution in [0.15, 0.2) is 18.2 Å². The maximum Gasteiger partial charge on any atom is 0.387 e. The number of rotatable bonds is 4. The first-order chi connectivity index (χ1) is 11.0. The molecule has 7 heteroatoms. The molecule has 5 nitrogen and oxygen atoms in total. The summed E-state index contributed by atoms with van der Waals surface area (Å²) in [4.78, 5) is 25.3. The number of ether oxygens (including phenoxy) is 1. The van der Waals surface area contributed by atoms with E-state index in [2.05, 4.69) is 4.74 Å². The van der Waals surface area contributed by atoms with Gasteiger partial charge in [-0.1, -0.05) is 0 Å². The summed E-state index contributed by atoms with van der Waals surface area (Å²) in [6.45, 7) is -2.37. The fourth-order valence-corrected chi connectivity index (χ4v) is 3.27. The van der Waals surface area contributed by atoms with Gasteiger partial charge in [0.25, 0.3) is 0 Å². The Kier molecular flexibility index (Phi) is 4.19. The van der Waals surface area contributed by atoms with E-state index < -0.39 is 24.4 Å². The second kappa shape index (κ2) is 6.14. The maximum absolute atomic E-state index is 12.6. The van der Waals surface area contributed by atoms with E-state index in [1.165, 1.54) is 12.1 Å². The van der Waals surface area contributed by atoms with Gasteiger partial charge in [0.1, 0.15) is 5.75 Å². The highest BCUT2D eigenvalue weighted by molar-refractivity contribution is 5.99. The molecule has 1 aromatic carbocycles. The molecule has 124 valence electrons.